The van der Waals surface area contributed by atoms with Crippen molar-refractivity contribution in [3.8, 4) is 0 Å². The van der Waals surface area contributed by atoms with Gasteiger partial charge in [-0.2, -0.15) is 0 Å². The van der Waals surface area contributed by atoms with Crippen molar-refractivity contribution in [3.05, 3.63) is 64.7 Å². The van der Waals surface area contributed by atoms with E-state index in [1.165, 1.54) is 12.1 Å². The normalized spacial score (nSPS) is 10.5. The van der Waals surface area contributed by atoms with Crippen LogP contribution in [0.3, 0.4) is 0 Å². The molecule has 134 valence electrons. The molecule has 0 saturated carbocycles. The Balaban J connectivity index is 1.45. The van der Waals surface area contributed by atoms with E-state index in [0.29, 0.717) is 23.3 Å². The lowest BCUT2D eigenvalue weighted by molar-refractivity contribution is -0.113. The lowest BCUT2D eigenvalue weighted by Gasteiger charge is -2.04. The van der Waals surface area contributed by atoms with E-state index in [9.17, 15) is 9.18 Å². The summed E-state index contributed by atoms with van der Waals surface area (Å²) in [5.74, 6) is 0.0726. The van der Waals surface area contributed by atoms with Gasteiger partial charge in [-0.1, -0.05) is 27.7 Å². The fraction of sp³-hybridized carbons (Fsp3) is 0.118. The lowest BCUT2D eigenvalue weighted by atomic mass is 10.3. The first-order valence-electron chi connectivity index (χ1n) is 7.58. The molecule has 0 aliphatic heterocycles. The highest BCUT2D eigenvalue weighted by molar-refractivity contribution is 9.10. The number of nitrogens with one attached hydrogen (secondary N) is 2. The molecule has 2 aromatic carbocycles. The highest BCUT2D eigenvalue weighted by atomic mass is 79.9. The maximum atomic E-state index is 12.9. The number of aromatic nitrogens is 2. The van der Waals surface area contributed by atoms with Crippen LogP contribution in [0.5, 0.6) is 0 Å². The molecular weight excluding hydrogens is 423 g/mol. The molecule has 0 unspecified atom stereocenters. The first-order chi connectivity index (χ1) is 12.6. The summed E-state index contributed by atoms with van der Waals surface area (Å²) in [4.78, 5) is 11.9. The number of carbonyl (C=O) groups is 1. The van der Waals surface area contributed by atoms with Gasteiger partial charge in [0.1, 0.15) is 5.82 Å². The summed E-state index contributed by atoms with van der Waals surface area (Å²) in [6, 6.07) is 13.3. The molecule has 3 rings (SSSR count). The minimum Gasteiger partial charge on any atom is -0.414 e. The minimum atomic E-state index is -0.298. The maximum Gasteiger partial charge on any atom is 0.277 e. The van der Waals surface area contributed by atoms with Crippen molar-refractivity contribution in [1.29, 1.82) is 0 Å². The molecule has 2 N–H and O–H groups in total. The Morgan fingerprint density at radius 2 is 1.77 bits per heavy atom. The molecular formula is C17H14BrFN4O2S. The van der Waals surface area contributed by atoms with Gasteiger partial charge in [-0.15, -0.1) is 10.2 Å². The van der Waals surface area contributed by atoms with Gasteiger partial charge in [-0.25, -0.2) is 4.39 Å². The second-order valence-corrected chi connectivity index (χ2v) is 7.01. The van der Waals surface area contributed by atoms with E-state index in [4.69, 9.17) is 4.42 Å². The molecule has 0 aliphatic rings. The van der Waals surface area contributed by atoms with Gasteiger partial charge in [0.25, 0.3) is 5.22 Å². The Morgan fingerprint density at radius 3 is 2.50 bits per heavy atom. The van der Waals surface area contributed by atoms with Crippen LogP contribution in [-0.4, -0.2) is 21.9 Å². The largest absolute Gasteiger partial charge is 0.414 e. The van der Waals surface area contributed by atoms with Crippen LogP contribution in [0.25, 0.3) is 0 Å². The van der Waals surface area contributed by atoms with Crippen LogP contribution < -0.4 is 10.6 Å². The minimum absolute atomic E-state index is 0.156. The van der Waals surface area contributed by atoms with Gasteiger partial charge < -0.3 is 15.1 Å². The molecule has 0 atom stereocenters. The highest BCUT2D eigenvalue weighted by Crippen LogP contribution is 2.18. The van der Waals surface area contributed by atoms with E-state index in [2.05, 4.69) is 36.8 Å². The molecule has 0 fully saturated rings. The number of rotatable bonds is 7. The number of anilines is 2. The van der Waals surface area contributed by atoms with E-state index in [1.54, 1.807) is 24.3 Å². The Bertz CT molecular complexity index is 871. The molecule has 26 heavy (non-hydrogen) atoms. The number of hydrogen-bond acceptors (Lipinski definition) is 6. The zero-order valence-corrected chi connectivity index (χ0v) is 15.8. The van der Waals surface area contributed by atoms with E-state index < -0.39 is 0 Å². The van der Waals surface area contributed by atoms with Gasteiger partial charge in [0, 0.05) is 15.8 Å². The molecule has 0 bridgehead atoms. The second-order valence-electron chi connectivity index (χ2n) is 5.17. The second kappa shape index (κ2) is 8.81. The lowest BCUT2D eigenvalue weighted by Crippen LogP contribution is -2.13. The third-order valence-electron chi connectivity index (χ3n) is 3.19. The van der Waals surface area contributed by atoms with E-state index in [1.807, 2.05) is 12.1 Å². The van der Waals surface area contributed by atoms with Crippen molar-refractivity contribution in [3.63, 3.8) is 0 Å². The molecule has 1 heterocycles. The number of benzene rings is 2. The average Bonchev–Trinajstić information content (AvgIpc) is 3.09. The Kier molecular flexibility index (Phi) is 6.24. The van der Waals surface area contributed by atoms with Gasteiger partial charge in [-0.3, -0.25) is 4.79 Å². The third kappa shape index (κ3) is 5.57. The predicted molar refractivity (Wildman–Crippen MR) is 102 cm³/mol. The Morgan fingerprint density at radius 1 is 1.08 bits per heavy atom. The van der Waals surface area contributed by atoms with Crippen molar-refractivity contribution in [1.82, 2.24) is 10.2 Å². The zero-order chi connectivity index (χ0) is 18.4. The third-order valence-corrected chi connectivity index (χ3v) is 4.54. The molecule has 0 saturated heterocycles. The molecule has 3 aromatic rings. The molecule has 0 aliphatic carbocycles. The van der Waals surface area contributed by atoms with E-state index >= 15 is 0 Å². The van der Waals surface area contributed by atoms with Crippen LogP contribution in [0.2, 0.25) is 0 Å². The number of amides is 1. The van der Waals surface area contributed by atoms with E-state index in [0.717, 1.165) is 21.9 Å². The number of carbonyl (C=O) groups excluding carboxylic acids is 1. The van der Waals surface area contributed by atoms with Crippen LogP contribution >= 0.6 is 27.7 Å². The first kappa shape index (κ1) is 18.4. The van der Waals surface area contributed by atoms with Crippen molar-refractivity contribution >= 4 is 45.0 Å². The highest BCUT2D eigenvalue weighted by Gasteiger charge is 2.10. The van der Waals surface area contributed by atoms with Crippen LogP contribution in [0.4, 0.5) is 15.8 Å². The van der Waals surface area contributed by atoms with Gasteiger partial charge in [0.15, 0.2) is 0 Å². The predicted octanol–water partition coefficient (Wildman–Crippen LogP) is 4.31. The summed E-state index contributed by atoms with van der Waals surface area (Å²) in [5, 5.41) is 13.9. The van der Waals surface area contributed by atoms with E-state index in [-0.39, 0.29) is 17.5 Å². The molecule has 0 radical (unpaired) electrons. The number of nitrogens with zero attached hydrogens (tertiary/aromatic N) is 2. The van der Waals surface area contributed by atoms with Gasteiger partial charge in [0.05, 0.1) is 12.3 Å². The summed E-state index contributed by atoms with van der Waals surface area (Å²) in [7, 11) is 0. The first-order valence-corrected chi connectivity index (χ1v) is 9.36. The molecule has 1 aromatic heterocycles. The zero-order valence-electron chi connectivity index (χ0n) is 13.4. The summed E-state index contributed by atoms with van der Waals surface area (Å²) in [6.45, 7) is 0.310. The summed E-state index contributed by atoms with van der Waals surface area (Å²) in [5.41, 5.74) is 1.46. The number of hydrogen-bond donors (Lipinski definition) is 2. The van der Waals surface area contributed by atoms with Crippen LogP contribution in [0.1, 0.15) is 5.89 Å². The standard InChI is InChI=1S/C17H14BrFN4O2S/c18-11-1-5-14(6-2-11)21-15(24)10-26-17-23-22-16(25-17)9-20-13-7-3-12(19)4-8-13/h1-8,20H,9-10H2,(H,21,24). The van der Waals surface area contributed by atoms with Gasteiger partial charge in [0.2, 0.25) is 11.8 Å². The van der Waals surface area contributed by atoms with Crippen molar-refractivity contribution in [2.24, 2.45) is 0 Å². The summed E-state index contributed by atoms with van der Waals surface area (Å²) < 4.78 is 19.3. The molecule has 9 heteroatoms. The Labute approximate surface area is 161 Å². The smallest absolute Gasteiger partial charge is 0.277 e. The van der Waals surface area contributed by atoms with Crippen LogP contribution in [0, 0.1) is 5.82 Å². The van der Waals surface area contributed by atoms with Crippen molar-refractivity contribution in [2.75, 3.05) is 16.4 Å². The number of halogens is 2. The maximum absolute atomic E-state index is 12.9. The monoisotopic (exact) mass is 436 g/mol. The number of thioether (sulfide) groups is 1. The van der Waals surface area contributed by atoms with Crippen LogP contribution in [0.15, 0.2) is 62.6 Å². The fourth-order valence-electron chi connectivity index (χ4n) is 1.97. The van der Waals surface area contributed by atoms with Gasteiger partial charge in [-0.05, 0) is 48.5 Å². The Hall–Kier alpha value is -2.39. The van der Waals surface area contributed by atoms with Gasteiger partial charge >= 0.3 is 0 Å². The topological polar surface area (TPSA) is 80.1 Å². The fourth-order valence-corrected chi connectivity index (χ4v) is 2.82. The van der Waals surface area contributed by atoms with Crippen molar-refractivity contribution in [2.45, 2.75) is 11.8 Å². The average molecular weight is 437 g/mol. The quantitative estimate of drug-likeness (QED) is 0.537. The van der Waals surface area contributed by atoms with Crippen molar-refractivity contribution < 1.29 is 13.6 Å². The SMILES string of the molecule is O=C(CSc1nnc(CNc2ccc(F)cc2)o1)Nc1ccc(Br)cc1. The molecule has 0 spiro atoms. The molecule has 1 amide bonds. The van der Waals surface area contributed by atoms with Crippen LogP contribution in [-0.2, 0) is 11.3 Å². The summed E-state index contributed by atoms with van der Waals surface area (Å²) in [6.07, 6.45) is 0. The summed E-state index contributed by atoms with van der Waals surface area (Å²) >= 11 is 4.50. The molecule has 6 nitrogen and oxygen atoms in total.